The lowest BCUT2D eigenvalue weighted by Crippen LogP contribution is -2.42. The second-order valence-electron chi connectivity index (χ2n) is 8.28. The van der Waals surface area contributed by atoms with Gasteiger partial charge in [-0.1, -0.05) is 35.9 Å². The second kappa shape index (κ2) is 13.6. The minimum Gasteiger partial charge on any atom is -0.496 e. The number of nitrogens with zero attached hydrogens (tertiary/aromatic N) is 1. The minimum absolute atomic E-state index is 0. The summed E-state index contributed by atoms with van der Waals surface area (Å²) in [7, 11) is 3.46. The molecule has 2 N–H and O–H groups in total. The standard InChI is InChI=1S/C26H37N3O3.HI/c1-5-27-25(28-15-12-21-8-6-7-9-23(21)30-3)29-19-26(13-16-32-17-14-26)22-18-20(2)10-11-24(22)31-4;/h6-11,18H,5,12-17,19H2,1-4H3,(H2,27,28,29);1H. The molecule has 1 aliphatic rings. The van der Waals surface area contributed by atoms with E-state index in [9.17, 15) is 0 Å². The molecule has 7 heteroatoms. The first-order valence-electron chi connectivity index (χ1n) is 11.5. The molecule has 0 aliphatic carbocycles. The van der Waals surface area contributed by atoms with Crippen molar-refractivity contribution in [1.29, 1.82) is 0 Å². The summed E-state index contributed by atoms with van der Waals surface area (Å²) in [5, 5.41) is 6.88. The zero-order chi connectivity index (χ0) is 22.8. The molecule has 0 bridgehead atoms. The van der Waals surface area contributed by atoms with Gasteiger partial charge in [0.05, 0.1) is 20.8 Å². The lowest BCUT2D eigenvalue weighted by atomic mass is 9.73. The van der Waals surface area contributed by atoms with Crippen LogP contribution in [-0.2, 0) is 16.6 Å². The molecule has 6 nitrogen and oxygen atoms in total. The van der Waals surface area contributed by atoms with Gasteiger partial charge in [0.2, 0.25) is 0 Å². The number of guanidine groups is 1. The first kappa shape index (κ1) is 27.2. The minimum atomic E-state index is -0.0966. The molecule has 0 aromatic heterocycles. The van der Waals surface area contributed by atoms with Crippen LogP contribution in [-0.4, -0.2) is 53.0 Å². The summed E-state index contributed by atoms with van der Waals surface area (Å²) in [5.74, 6) is 2.69. The van der Waals surface area contributed by atoms with E-state index >= 15 is 0 Å². The van der Waals surface area contributed by atoms with Gasteiger partial charge in [0.1, 0.15) is 11.5 Å². The van der Waals surface area contributed by atoms with Gasteiger partial charge < -0.3 is 24.8 Å². The highest BCUT2D eigenvalue weighted by molar-refractivity contribution is 14.0. The number of nitrogens with one attached hydrogen (secondary N) is 2. The molecule has 1 heterocycles. The molecular weight excluding hydrogens is 529 g/mol. The first-order valence-corrected chi connectivity index (χ1v) is 11.5. The zero-order valence-electron chi connectivity index (χ0n) is 20.3. The average molecular weight is 568 g/mol. The van der Waals surface area contributed by atoms with E-state index in [1.165, 1.54) is 16.7 Å². The van der Waals surface area contributed by atoms with Gasteiger partial charge in [-0.05, 0) is 50.8 Å². The Bertz CT molecular complexity index is 898. The number of aliphatic imine (C=N–C) groups is 1. The first-order chi connectivity index (χ1) is 15.6. The molecule has 3 rings (SSSR count). The molecule has 0 amide bonds. The van der Waals surface area contributed by atoms with Crippen molar-refractivity contribution >= 4 is 29.9 Å². The van der Waals surface area contributed by atoms with E-state index in [1.807, 2.05) is 18.2 Å². The van der Waals surface area contributed by atoms with E-state index in [0.29, 0.717) is 6.54 Å². The van der Waals surface area contributed by atoms with Crippen molar-refractivity contribution in [2.24, 2.45) is 4.99 Å². The summed E-state index contributed by atoms with van der Waals surface area (Å²) in [4.78, 5) is 5.02. The molecule has 0 radical (unpaired) electrons. The Labute approximate surface area is 215 Å². The van der Waals surface area contributed by atoms with Gasteiger partial charge in [-0.25, -0.2) is 0 Å². The number of benzene rings is 2. The molecule has 1 aliphatic heterocycles. The Morgan fingerprint density at radius 1 is 1.03 bits per heavy atom. The van der Waals surface area contributed by atoms with Crippen molar-refractivity contribution in [3.8, 4) is 11.5 Å². The molecule has 2 aromatic carbocycles. The Hall–Kier alpha value is -2.00. The molecule has 182 valence electrons. The lowest BCUT2D eigenvalue weighted by Gasteiger charge is -2.37. The fraction of sp³-hybridized carbons (Fsp3) is 0.500. The monoisotopic (exact) mass is 567 g/mol. The van der Waals surface area contributed by atoms with E-state index in [-0.39, 0.29) is 29.4 Å². The third-order valence-corrected chi connectivity index (χ3v) is 6.14. The normalized spacial score (nSPS) is 15.3. The van der Waals surface area contributed by atoms with Gasteiger partial charge in [0, 0.05) is 37.3 Å². The SMILES string of the molecule is CCNC(=NCC1(c2cc(C)ccc2OC)CCOCC1)NCCc1ccccc1OC.I. The zero-order valence-corrected chi connectivity index (χ0v) is 22.6. The summed E-state index contributed by atoms with van der Waals surface area (Å²) in [5.41, 5.74) is 3.55. The average Bonchev–Trinajstić information content (AvgIpc) is 2.83. The molecule has 0 spiro atoms. The maximum atomic E-state index is 5.74. The fourth-order valence-electron chi connectivity index (χ4n) is 4.31. The molecular formula is C26H38IN3O3. The molecule has 0 saturated carbocycles. The number of para-hydroxylation sites is 1. The summed E-state index contributed by atoms with van der Waals surface area (Å²) in [6.07, 6.45) is 2.72. The van der Waals surface area contributed by atoms with Gasteiger partial charge in [0.15, 0.2) is 5.96 Å². The van der Waals surface area contributed by atoms with Crippen LogP contribution in [0, 0.1) is 6.92 Å². The van der Waals surface area contributed by atoms with Crippen molar-refractivity contribution in [1.82, 2.24) is 10.6 Å². The Balaban J connectivity index is 0.00000385. The Morgan fingerprint density at radius 3 is 2.45 bits per heavy atom. The third-order valence-electron chi connectivity index (χ3n) is 6.14. The van der Waals surface area contributed by atoms with Gasteiger partial charge in [-0.3, -0.25) is 4.99 Å². The molecule has 1 saturated heterocycles. The number of ether oxygens (including phenoxy) is 3. The highest BCUT2D eigenvalue weighted by Crippen LogP contribution is 2.40. The maximum Gasteiger partial charge on any atom is 0.191 e. The van der Waals surface area contributed by atoms with E-state index in [2.05, 4.69) is 48.7 Å². The predicted octanol–water partition coefficient (Wildman–Crippen LogP) is 4.48. The van der Waals surface area contributed by atoms with Gasteiger partial charge in [-0.15, -0.1) is 24.0 Å². The summed E-state index contributed by atoms with van der Waals surface area (Å²) in [6.45, 7) is 7.96. The van der Waals surface area contributed by atoms with E-state index in [0.717, 1.165) is 63.0 Å². The highest BCUT2D eigenvalue weighted by Gasteiger charge is 2.37. The highest BCUT2D eigenvalue weighted by atomic mass is 127. The predicted molar refractivity (Wildman–Crippen MR) is 146 cm³/mol. The largest absolute Gasteiger partial charge is 0.496 e. The maximum absolute atomic E-state index is 5.74. The molecule has 1 fully saturated rings. The van der Waals surface area contributed by atoms with Crippen molar-refractivity contribution in [2.45, 2.75) is 38.5 Å². The van der Waals surface area contributed by atoms with Crippen LogP contribution in [0.25, 0.3) is 0 Å². The fourth-order valence-corrected chi connectivity index (χ4v) is 4.31. The van der Waals surface area contributed by atoms with Crippen molar-refractivity contribution in [3.05, 3.63) is 59.2 Å². The Kier molecular flexibility index (Phi) is 11.3. The quantitative estimate of drug-likeness (QED) is 0.266. The van der Waals surface area contributed by atoms with Crippen LogP contribution >= 0.6 is 24.0 Å². The number of methoxy groups -OCH3 is 2. The van der Waals surface area contributed by atoms with Gasteiger partial charge in [-0.2, -0.15) is 0 Å². The van der Waals surface area contributed by atoms with Gasteiger partial charge in [0.25, 0.3) is 0 Å². The van der Waals surface area contributed by atoms with Gasteiger partial charge >= 0.3 is 0 Å². The number of aryl methyl sites for hydroxylation is 1. The lowest BCUT2D eigenvalue weighted by molar-refractivity contribution is 0.0522. The smallest absolute Gasteiger partial charge is 0.191 e. The van der Waals surface area contributed by atoms with Crippen LogP contribution in [0.1, 0.15) is 36.5 Å². The molecule has 0 unspecified atom stereocenters. The third kappa shape index (κ3) is 7.24. The number of rotatable bonds is 9. The number of hydrogen-bond acceptors (Lipinski definition) is 4. The van der Waals surface area contributed by atoms with Crippen LogP contribution in [0.2, 0.25) is 0 Å². The topological polar surface area (TPSA) is 64.1 Å². The Morgan fingerprint density at radius 2 is 1.76 bits per heavy atom. The molecule has 33 heavy (non-hydrogen) atoms. The van der Waals surface area contributed by atoms with Crippen LogP contribution in [0.15, 0.2) is 47.5 Å². The van der Waals surface area contributed by atoms with Crippen molar-refractivity contribution in [2.75, 3.05) is 47.1 Å². The summed E-state index contributed by atoms with van der Waals surface area (Å²) >= 11 is 0. The molecule has 0 atom stereocenters. The van der Waals surface area contributed by atoms with E-state index in [4.69, 9.17) is 19.2 Å². The molecule has 2 aromatic rings. The van der Waals surface area contributed by atoms with Crippen LogP contribution in [0.5, 0.6) is 11.5 Å². The second-order valence-corrected chi connectivity index (χ2v) is 8.28. The van der Waals surface area contributed by atoms with Crippen LogP contribution in [0.3, 0.4) is 0 Å². The van der Waals surface area contributed by atoms with Crippen molar-refractivity contribution in [3.63, 3.8) is 0 Å². The van der Waals surface area contributed by atoms with E-state index in [1.54, 1.807) is 14.2 Å². The summed E-state index contributed by atoms with van der Waals surface area (Å²) in [6, 6.07) is 14.6. The van der Waals surface area contributed by atoms with E-state index < -0.39 is 0 Å². The number of hydrogen-bond donors (Lipinski definition) is 2. The summed E-state index contributed by atoms with van der Waals surface area (Å²) < 4.78 is 16.9. The number of halogens is 1. The van der Waals surface area contributed by atoms with Crippen LogP contribution < -0.4 is 20.1 Å². The van der Waals surface area contributed by atoms with Crippen molar-refractivity contribution < 1.29 is 14.2 Å². The van der Waals surface area contributed by atoms with Crippen LogP contribution in [0.4, 0.5) is 0 Å².